The van der Waals surface area contributed by atoms with Gasteiger partial charge in [0.05, 0.1) is 6.10 Å². The third kappa shape index (κ3) is 3.95. The van der Waals surface area contributed by atoms with E-state index >= 15 is 0 Å². The van der Waals surface area contributed by atoms with E-state index in [4.69, 9.17) is 4.74 Å². The first-order valence-corrected chi connectivity index (χ1v) is 5.66. The number of methoxy groups -OCH3 is 1. The van der Waals surface area contributed by atoms with E-state index in [1.807, 2.05) is 14.2 Å². The summed E-state index contributed by atoms with van der Waals surface area (Å²) in [6.07, 6.45) is 2.90. The Morgan fingerprint density at radius 2 is 2.07 bits per heavy atom. The Bertz CT molecular complexity index is 144. The number of piperidine rings is 1. The summed E-state index contributed by atoms with van der Waals surface area (Å²) < 4.78 is 5.35. The Hall–Kier alpha value is -0.120. The molecule has 84 valence electrons. The number of hydrogen-bond acceptors (Lipinski definition) is 3. The van der Waals surface area contributed by atoms with Crippen molar-refractivity contribution in [2.45, 2.75) is 25.9 Å². The number of likely N-dealkylation sites (tertiary alicyclic amines) is 1. The van der Waals surface area contributed by atoms with Crippen LogP contribution in [0.5, 0.6) is 0 Å². The monoisotopic (exact) mass is 200 g/mol. The van der Waals surface area contributed by atoms with E-state index in [1.165, 1.54) is 32.5 Å². The van der Waals surface area contributed by atoms with E-state index in [2.05, 4.69) is 17.1 Å². The predicted molar refractivity (Wildman–Crippen MR) is 59.6 cm³/mol. The molecule has 0 amide bonds. The van der Waals surface area contributed by atoms with Crippen LogP contribution in [0.3, 0.4) is 0 Å². The predicted octanol–water partition coefficient (Wildman–Crippen LogP) is 0.953. The molecule has 1 saturated heterocycles. The van der Waals surface area contributed by atoms with Crippen LogP contribution in [0.15, 0.2) is 0 Å². The second-order valence-corrected chi connectivity index (χ2v) is 4.40. The van der Waals surface area contributed by atoms with Crippen molar-refractivity contribution in [3.05, 3.63) is 0 Å². The van der Waals surface area contributed by atoms with Crippen LogP contribution in [0.1, 0.15) is 19.8 Å². The molecule has 0 aromatic carbocycles. The van der Waals surface area contributed by atoms with Gasteiger partial charge in [-0.2, -0.15) is 0 Å². The fraction of sp³-hybridized carbons (Fsp3) is 1.00. The van der Waals surface area contributed by atoms with Crippen molar-refractivity contribution < 1.29 is 4.74 Å². The zero-order valence-electron chi connectivity index (χ0n) is 9.75. The Morgan fingerprint density at radius 1 is 1.43 bits per heavy atom. The number of nitrogens with one attached hydrogen (secondary N) is 1. The Morgan fingerprint density at radius 3 is 2.57 bits per heavy atom. The van der Waals surface area contributed by atoms with E-state index < -0.39 is 0 Å². The van der Waals surface area contributed by atoms with Crippen molar-refractivity contribution in [1.29, 1.82) is 0 Å². The highest BCUT2D eigenvalue weighted by molar-refractivity contribution is 4.73. The van der Waals surface area contributed by atoms with Crippen LogP contribution >= 0.6 is 0 Å². The molecule has 0 bridgehead atoms. The Labute approximate surface area is 87.8 Å². The van der Waals surface area contributed by atoms with Crippen molar-refractivity contribution in [3.8, 4) is 0 Å². The highest BCUT2D eigenvalue weighted by Gasteiger charge is 2.19. The van der Waals surface area contributed by atoms with E-state index in [0.29, 0.717) is 6.10 Å². The molecule has 3 nitrogen and oxygen atoms in total. The zero-order valence-corrected chi connectivity index (χ0v) is 9.75. The SMILES string of the molecule is CNCC(C)CN1CCC(OC)CC1. The maximum atomic E-state index is 5.35. The van der Waals surface area contributed by atoms with Gasteiger partial charge in [0.2, 0.25) is 0 Å². The summed E-state index contributed by atoms with van der Waals surface area (Å²) in [6.45, 7) is 7.04. The highest BCUT2D eigenvalue weighted by atomic mass is 16.5. The minimum absolute atomic E-state index is 0.505. The minimum Gasteiger partial charge on any atom is -0.381 e. The molecule has 0 aromatic heterocycles. The van der Waals surface area contributed by atoms with Crippen LogP contribution in [0.4, 0.5) is 0 Å². The third-order valence-corrected chi connectivity index (χ3v) is 2.99. The molecule has 1 aliphatic rings. The molecular formula is C11H24N2O. The lowest BCUT2D eigenvalue weighted by Gasteiger charge is -2.32. The first kappa shape index (κ1) is 12.0. The lowest BCUT2D eigenvalue weighted by molar-refractivity contribution is 0.0374. The van der Waals surface area contributed by atoms with Crippen LogP contribution in [0, 0.1) is 5.92 Å². The van der Waals surface area contributed by atoms with Crippen molar-refractivity contribution in [2.75, 3.05) is 40.3 Å². The minimum atomic E-state index is 0.505. The number of rotatable bonds is 5. The summed E-state index contributed by atoms with van der Waals surface area (Å²) >= 11 is 0. The summed E-state index contributed by atoms with van der Waals surface area (Å²) in [4.78, 5) is 2.55. The van der Waals surface area contributed by atoms with E-state index in [0.717, 1.165) is 12.5 Å². The lowest BCUT2D eigenvalue weighted by Crippen LogP contribution is -2.40. The quantitative estimate of drug-likeness (QED) is 0.715. The average Bonchev–Trinajstić information content (AvgIpc) is 2.19. The van der Waals surface area contributed by atoms with Gasteiger partial charge in [0.1, 0.15) is 0 Å². The van der Waals surface area contributed by atoms with Crippen molar-refractivity contribution in [3.63, 3.8) is 0 Å². The fourth-order valence-electron chi connectivity index (χ4n) is 2.18. The maximum absolute atomic E-state index is 5.35. The maximum Gasteiger partial charge on any atom is 0.0595 e. The van der Waals surface area contributed by atoms with Gasteiger partial charge in [0.15, 0.2) is 0 Å². The molecule has 1 rings (SSSR count). The van der Waals surface area contributed by atoms with Crippen LogP contribution in [0.2, 0.25) is 0 Å². The van der Waals surface area contributed by atoms with Crippen molar-refractivity contribution in [1.82, 2.24) is 10.2 Å². The second-order valence-electron chi connectivity index (χ2n) is 4.40. The van der Waals surface area contributed by atoms with Gasteiger partial charge in [-0.05, 0) is 32.4 Å². The summed E-state index contributed by atoms with van der Waals surface area (Å²) in [5.74, 6) is 0.749. The highest BCUT2D eigenvalue weighted by Crippen LogP contribution is 2.13. The van der Waals surface area contributed by atoms with Crippen LogP contribution < -0.4 is 5.32 Å². The average molecular weight is 200 g/mol. The van der Waals surface area contributed by atoms with Gasteiger partial charge in [-0.3, -0.25) is 0 Å². The van der Waals surface area contributed by atoms with Crippen LogP contribution in [0.25, 0.3) is 0 Å². The van der Waals surface area contributed by atoms with Crippen molar-refractivity contribution >= 4 is 0 Å². The molecule has 0 aliphatic carbocycles. The van der Waals surface area contributed by atoms with Gasteiger partial charge in [-0.25, -0.2) is 0 Å². The van der Waals surface area contributed by atoms with Crippen LogP contribution in [-0.4, -0.2) is 51.3 Å². The first-order valence-electron chi connectivity index (χ1n) is 5.66. The molecule has 1 unspecified atom stereocenters. The van der Waals surface area contributed by atoms with Gasteiger partial charge in [0.25, 0.3) is 0 Å². The number of hydrogen-bond donors (Lipinski definition) is 1. The standard InChI is InChI=1S/C11H24N2O/c1-10(8-12-2)9-13-6-4-11(14-3)5-7-13/h10-12H,4-9H2,1-3H3. The largest absolute Gasteiger partial charge is 0.381 e. The van der Waals surface area contributed by atoms with Gasteiger partial charge in [0, 0.05) is 26.7 Å². The molecule has 3 heteroatoms. The van der Waals surface area contributed by atoms with E-state index in [9.17, 15) is 0 Å². The summed E-state index contributed by atoms with van der Waals surface area (Å²) in [6, 6.07) is 0. The van der Waals surface area contributed by atoms with E-state index in [1.54, 1.807) is 0 Å². The van der Waals surface area contributed by atoms with Gasteiger partial charge in [-0.1, -0.05) is 6.92 Å². The summed E-state index contributed by atoms with van der Waals surface area (Å²) in [7, 11) is 3.84. The molecule has 1 N–H and O–H groups in total. The molecule has 1 fully saturated rings. The molecule has 0 spiro atoms. The van der Waals surface area contributed by atoms with Gasteiger partial charge < -0.3 is 15.0 Å². The van der Waals surface area contributed by atoms with E-state index in [-0.39, 0.29) is 0 Å². The second kappa shape index (κ2) is 6.38. The Kier molecular flexibility index (Phi) is 5.45. The zero-order chi connectivity index (χ0) is 10.4. The smallest absolute Gasteiger partial charge is 0.0595 e. The third-order valence-electron chi connectivity index (χ3n) is 2.99. The molecule has 1 heterocycles. The number of ether oxygens (including phenoxy) is 1. The molecule has 0 radical (unpaired) electrons. The molecular weight excluding hydrogens is 176 g/mol. The Balaban J connectivity index is 2.15. The molecule has 0 saturated carbocycles. The molecule has 14 heavy (non-hydrogen) atoms. The normalized spacial score (nSPS) is 22.5. The summed E-state index contributed by atoms with van der Waals surface area (Å²) in [5.41, 5.74) is 0. The molecule has 0 aromatic rings. The molecule has 1 aliphatic heterocycles. The lowest BCUT2D eigenvalue weighted by atomic mass is 10.1. The topological polar surface area (TPSA) is 24.5 Å². The van der Waals surface area contributed by atoms with Gasteiger partial charge >= 0.3 is 0 Å². The van der Waals surface area contributed by atoms with Crippen molar-refractivity contribution in [2.24, 2.45) is 5.92 Å². The molecule has 1 atom stereocenters. The van der Waals surface area contributed by atoms with Gasteiger partial charge in [-0.15, -0.1) is 0 Å². The first-order chi connectivity index (χ1) is 6.76. The van der Waals surface area contributed by atoms with Crippen LogP contribution in [-0.2, 0) is 4.74 Å². The number of nitrogens with zero attached hydrogens (tertiary/aromatic N) is 1. The summed E-state index contributed by atoms with van der Waals surface area (Å²) in [5, 5.41) is 3.23. The fourth-order valence-corrected chi connectivity index (χ4v) is 2.18.